The smallest absolute Gasteiger partial charge is 0.357 e. The van der Waals surface area contributed by atoms with Gasteiger partial charge >= 0.3 is 5.97 Å². The van der Waals surface area contributed by atoms with E-state index in [2.05, 4.69) is 25.0 Å². The molecule has 0 amide bonds. The number of hydrogen-bond donors (Lipinski definition) is 2. The fraction of sp³-hybridized carbons (Fsp3) is 0.364. The number of hydrogen-bond acceptors (Lipinski definition) is 6. The summed E-state index contributed by atoms with van der Waals surface area (Å²) in [6.07, 6.45) is 4.29. The molecule has 18 heavy (non-hydrogen) atoms. The summed E-state index contributed by atoms with van der Waals surface area (Å²) in [6.45, 7) is 2.56. The van der Waals surface area contributed by atoms with Crippen molar-refractivity contribution in [3.63, 3.8) is 0 Å². The molecule has 0 radical (unpaired) electrons. The van der Waals surface area contributed by atoms with Crippen molar-refractivity contribution in [3.05, 3.63) is 28.8 Å². The van der Waals surface area contributed by atoms with E-state index >= 15 is 0 Å². The maximum absolute atomic E-state index is 11.4. The van der Waals surface area contributed by atoms with Gasteiger partial charge < -0.3 is 15.0 Å². The third kappa shape index (κ3) is 2.86. The number of aromatic amines is 1. The van der Waals surface area contributed by atoms with E-state index in [-0.39, 0.29) is 0 Å². The molecule has 2 rings (SSSR count). The molecule has 0 aromatic carbocycles. The molecule has 0 spiro atoms. The van der Waals surface area contributed by atoms with Gasteiger partial charge in [-0.25, -0.2) is 14.8 Å². The SMILES string of the molecule is COC(=O)c1nc(NCCc2ncc[nH]2)sc1C. The van der Waals surface area contributed by atoms with Crippen LogP contribution in [-0.4, -0.2) is 34.6 Å². The van der Waals surface area contributed by atoms with Crippen LogP contribution in [0, 0.1) is 6.92 Å². The molecule has 0 aliphatic rings. The van der Waals surface area contributed by atoms with Crippen molar-refractivity contribution in [1.82, 2.24) is 15.0 Å². The minimum Gasteiger partial charge on any atom is -0.464 e. The van der Waals surface area contributed by atoms with Crippen LogP contribution in [0.25, 0.3) is 0 Å². The topological polar surface area (TPSA) is 79.9 Å². The van der Waals surface area contributed by atoms with Gasteiger partial charge in [-0.1, -0.05) is 0 Å². The molecule has 0 bridgehead atoms. The number of carbonyl (C=O) groups is 1. The van der Waals surface area contributed by atoms with Crippen LogP contribution in [0.15, 0.2) is 12.4 Å². The van der Waals surface area contributed by atoms with Crippen LogP contribution in [0.4, 0.5) is 5.13 Å². The molecule has 2 N–H and O–H groups in total. The zero-order chi connectivity index (χ0) is 13.0. The fourth-order valence-electron chi connectivity index (χ4n) is 1.48. The quantitative estimate of drug-likeness (QED) is 0.804. The number of imidazole rings is 1. The summed E-state index contributed by atoms with van der Waals surface area (Å²) in [5.74, 6) is 0.520. The van der Waals surface area contributed by atoms with Crippen molar-refractivity contribution in [2.45, 2.75) is 13.3 Å². The third-order valence-corrected chi connectivity index (χ3v) is 3.30. The number of nitrogens with zero attached hydrogens (tertiary/aromatic N) is 2. The van der Waals surface area contributed by atoms with E-state index < -0.39 is 5.97 Å². The molecule has 0 saturated carbocycles. The zero-order valence-corrected chi connectivity index (χ0v) is 11.0. The first-order chi connectivity index (χ1) is 8.70. The molecule has 96 valence electrons. The van der Waals surface area contributed by atoms with E-state index in [0.29, 0.717) is 12.2 Å². The number of carbonyl (C=O) groups excluding carboxylic acids is 1. The van der Waals surface area contributed by atoms with Crippen LogP contribution < -0.4 is 5.32 Å². The van der Waals surface area contributed by atoms with Gasteiger partial charge in [-0.2, -0.15) is 0 Å². The summed E-state index contributed by atoms with van der Waals surface area (Å²) in [6, 6.07) is 0. The lowest BCUT2D eigenvalue weighted by molar-refractivity contribution is 0.0594. The molecule has 0 saturated heterocycles. The van der Waals surface area contributed by atoms with Crippen LogP contribution in [-0.2, 0) is 11.2 Å². The summed E-state index contributed by atoms with van der Waals surface area (Å²) in [7, 11) is 1.35. The fourth-order valence-corrected chi connectivity index (χ4v) is 2.31. The number of nitrogens with one attached hydrogen (secondary N) is 2. The van der Waals surface area contributed by atoms with Gasteiger partial charge in [0.25, 0.3) is 0 Å². The molecule has 7 heteroatoms. The Labute approximate surface area is 108 Å². The van der Waals surface area contributed by atoms with Gasteiger partial charge in [-0.05, 0) is 6.92 Å². The van der Waals surface area contributed by atoms with E-state index in [1.807, 2.05) is 6.92 Å². The molecule has 0 atom stereocenters. The number of thiazole rings is 1. The van der Waals surface area contributed by atoms with Gasteiger partial charge in [0.15, 0.2) is 10.8 Å². The van der Waals surface area contributed by atoms with Crippen molar-refractivity contribution < 1.29 is 9.53 Å². The number of anilines is 1. The molecular weight excluding hydrogens is 252 g/mol. The van der Waals surface area contributed by atoms with Crippen molar-refractivity contribution in [2.24, 2.45) is 0 Å². The van der Waals surface area contributed by atoms with Crippen molar-refractivity contribution in [3.8, 4) is 0 Å². The van der Waals surface area contributed by atoms with Crippen LogP contribution in [0.1, 0.15) is 21.2 Å². The molecule has 0 aliphatic heterocycles. The van der Waals surface area contributed by atoms with Gasteiger partial charge in [-0.3, -0.25) is 0 Å². The molecule has 0 unspecified atom stereocenters. The van der Waals surface area contributed by atoms with Gasteiger partial charge in [0.1, 0.15) is 5.82 Å². The summed E-state index contributed by atoms with van der Waals surface area (Å²) in [5.41, 5.74) is 0.378. The van der Waals surface area contributed by atoms with Crippen LogP contribution in [0.2, 0.25) is 0 Å². The Morgan fingerprint density at radius 2 is 2.44 bits per heavy atom. The summed E-state index contributed by atoms with van der Waals surface area (Å²) in [5, 5.41) is 3.88. The predicted molar refractivity (Wildman–Crippen MR) is 69.0 cm³/mol. The number of H-pyrrole nitrogens is 1. The van der Waals surface area contributed by atoms with Crippen molar-refractivity contribution >= 4 is 22.4 Å². The number of ether oxygens (including phenoxy) is 1. The summed E-state index contributed by atoms with van der Waals surface area (Å²) < 4.78 is 4.66. The maximum atomic E-state index is 11.4. The van der Waals surface area contributed by atoms with Gasteiger partial charge in [0, 0.05) is 30.2 Å². The third-order valence-electron chi connectivity index (χ3n) is 2.37. The number of aryl methyl sites for hydroxylation is 1. The largest absolute Gasteiger partial charge is 0.464 e. The van der Waals surface area contributed by atoms with Crippen molar-refractivity contribution in [2.75, 3.05) is 19.0 Å². The van der Waals surface area contributed by atoms with Crippen LogP contribution in [0.5, 0.6) is 0 Å². The standard InChI is InChI=1S/C11H14N4O2S/c1-7-9(10(16)17-2)15-11(18-7)14-4-3-8-12-5-6-13-8/h5-6H,3-4H2,1-2H3,(H,12,13)(H,14,15). The Balaban J connectivity index is 1.92. The summed E-state index contributed by atoms with van der Waals surface area (Å²) >= 11 is 1.44. The first kappa shape index (κ1) is 12.6. The van der Waals surface area contributed by atoms with Gasteiger partial charge in [0.2, 0.25) is 0 Å². The second-order valence-corrected chi connectivity index (χ2v) is 4.83. The van der Waals surface area contributed by atoms with Crippen LogP contribution >= 0.6 is 11.3 Å². The molecule has 0 aliphatic carbocycles. The minimum absolute atomic E-state index is 0.378. The first-order valence-corrected chi connectivity index (χ1v) is 6.30. The highest BCUT2D eigenvalue weighted by Gasteiger charge is 2.15. The van der Waals surface area contributed by atoms with E-state index in [9.17, 15) is 4.79 Å². The lowest BCUT2D eigenvalue weighted by Crippen LogP contribution is -2.07. The lowest BCUT2D eigenvalue weighted by Gasteiger charge is -1.99. The predicted octanol–water partition coefficient (Wildman–Crippen LogP) is 1.62. The molecule has 0 fully saturated rings. The van der Waals surface area contributed by atoms with E-state index in [1.165, 1.54) is 18.4 Å². The zero-order valence-electron chi connectivity index (χ0n) is 10.2. The normalized spacial score (nSPS) is 10.3. The average molecular weight is 266 g/mol. The van der Waals surface area contributed by atoms with E-state index in [0.717, 1.165) is 22.3 Å². The molecule has 2 heterocycles. The second kappa shape index (κ2) is 5.63. The Bertz CT molecular complexity index is 521. The van der Waals surface area contributed by atoms with E-state index in [4.69, 9.17) is 0 Å². The average Bonchev–Trinajstić information content (AvgIpc) is 2.98. The highest BCUT2D eigenvalue weighted by Crippen LogP contribution is 2.22. The highest BCUT2D eigenvalue weighted by atomic mass is 32.1. The second-order valence-electron chi connectivity index (χ2n) is 3.63. The number of esters is 1. The number of methoxy groups -OCH3 is 1. The molecule has 6 nitrogen and oxygen atoms in total. The van der Waals surface area contributed by atoms with Gasteiger partial charge in [-0.15, -0.1) is 11.3 Å². The summed E-state index contributed by atoms with van der Waals surface area (Å²) in [4.78, 5) is 23.6. The monoisotopic (exact) mass is 266 g/mol. The Hall–Kier alpha value is -1.89. The number of rotatable bonds is 5. The Morgan fingerprint density at radius 1 is 1.61 bits per heavy atom. The van der Waals surface area contributed by atoms with Crippen molar-refractivity contribution in [1.29, 1.82) is 0 Å². The Morgan fingerprint density at radius 3 is 3.11 bits per heavy atom. The van der Waals surface area contributed by atoms with Gasteiger partial charge in [0.05, 0.1) is 7.11 Å². The highest BCUT2D eigenvalue weighted by molar-refractivity contribution is 7.15. The molecular formula is C11H14N4O2S. The Kier molecular flexibility index (Phi) is 3.93. The van der Waals surface area contributed by atoms with E-state index in [1.54, 1.807) is 12.4 Å². The molecule has 2 aromatic rings. The minimum atomic E-state index is -0.400. The maximum Gasteiger partial charge on any atom is 0.357 e. The number of aromatic nitrogens is 3. The lowest BCUT2D eigenvalue weighted by atomic mass is 10.4. The first-order valence-electron chi connectivity index (χ1n) is 5.48. The van der Waals surface area contributed by atoms with Crippen LogP contribution in [0.3, 0.4) is 0 Å². The molecule has 2 aromatic heterocycles.